The van der Waals surface area contributed by atoms with E-state index in [4.69, 9.17) is 15.9 Å². The molecular formula is C18H28N4O10. The molecule has 0 aromatic rings. The molecule has 14 heteroatoms. The lowest BCUT2D eigenvalue weighted by Crippen LogP contribution is -2.60. The highest BCUT2D eigenvalue weighted by molar-refractivity contribution is 5.96. The van der Waals surface area contributed by atoms with E-state index in [1.807, 2.05) is 0 Å². The zero-order valence-electron chi connectivity index (χ0n) is 17.4. The first-order valence-corrected chi connectivity index (χ1v) is 9.86. The summed E-state index contributed by atoms with van der Waals surface area (Å²) in [5, 5.41) is 41.2. The topological polar surface area (TPSA) is 237 Å². The Morgan fingerprint density at radius 1 is 1.03 bits per heavy atom. The lowest BCUT2D eigenvalue weighted by Gasteiger charge is -2.29. The minimum absolute atomic E-state index is 0.0663. The van der Waals surface area contributed by atoms with Crippen LogP contribution < -0.4 is 16.4 Å². The number of hydrogen-bond donors (Lipinski definition) is 7. The minimum atomic E-state index is -1.64. The number of amides is 3. The van der Waals surface area contributed by atoms with Gasteiger partial charge >= 0.3 is 17.9 Å². The number of carbonyl (C=O) groups excluding carboxylic acids is 3. The van der Waals surface area contributed by atoms with Gasteiger partial charge in [-0.05, 0) is 26.2 Å². The van der Waals surface area contributed by atoms with Gasteiger partial charge in [-0.2, -0.15) is 0 Å². The Bertz CT molecular complexity index is 756. The maximum atomic E-state index is 12.8. The van der Waals surface area contributed by atoms with E-state index in [9.17, 15) is 39.0 Å². The van der Waals surface area contributed by atoms with Crippen molar-refractivity contribution in [3.63, 3.8) is 0 Å². The van der Waals surface area contributed by atoms with Gasteiger partial charge in [-0.1, -0.05) is 0 Å². The first-order chi connectivity index (χ1) is 14.8. The molecule has 0 bridgehead atoms. The Morgan fingerprint density at radius 3 is 2.16 bits per heavy atom. The summed E-state index contributed by atoms with van der Waals surface area (Å²) in [6, 6.07) is -5.72. The van der Waals surface area contributed by atoms with E-state index in [0.29, 0.717) is 6.42 Å². The molecule has 0 spiro atoms. The third-order valence-electron chi connectivity index (χ3n) is 4.88. The Labute approximate surface area is 182 Å². The van der Waals surface area contributed by atoms with Crippen molar-refractivity contribution < 1.29 is 49.2 Å². The predicted octanol–water partition coefficient (Wildman–Crippen LogP) is -2.92. The minimum Gasteiger partial charge on any atom is -0.481 e. The van der Waals surface area contributed by atoms with Crippen LogP contribution in [0.15, 0.2) is 0 Å². The smallest absolute Gasteiger partial charge is 0.326 e. The number of nitrogens with zero attached hydrogens (tertiary/aromatic N) is 1. The van der Waals surface area contributed by atoms with E-state index < -0.39 is 78.7 Å². The van der Waals surface area contributed by atoms with E-state index >= 15 is 0 Å². The van der Waals surface area contributed by atoms with Gasteiger partial charge in [-0.25, -0.2) is 4.79 Å². The molecule has 0 aromatic carbocycles. The molecule has 5 atom stereocenters. The normalized spacial score (nSPS) is 19.3. The standard InChI is InChI=1S/C18H28N4O10/c1-8(23)14(21-15(28)9(19)4-5-12(24)25)16(29)20-10(7-13(26)27)17(30)22-6-2-3-11(22)18(31)32/h8-11,14,23H,2-7,19H2,1H3,(H,20,29)(H,21,28)(H,24,25)(H,26,27)(H,31,32). The maximum Gasteiger partial charge on any atom is 0.326 e. The average Bonchev–Trinajstić information content (AvgIpc) is 3.18. The van der Waals surface area contributed by atoms with Crippen molar-refractivity contribution in [3.05, 3.63) is 0 Å². The Hall–Kier alpha value is -3.26. The number of aliphatic carboxylic acids is 3. The van der Waals surface area contributed by atoms with Gasteiger partial charge < -0.3 is 41.7 Å². The highest BCUT2D eigenvalue weighted by Gasteiger charge is 2.39. The van der Waals surface area contributed by atoms with Crippen LogP contribution in [0.4, 0.5) is 0 Å². The number of carboxylic acids is 3. The van der Waals surface area contributed by atoms with Gasteiger partial charge in [0.25, 0.3) is 0 Å². The van der Waals surface area contributed by atoms with Crippen LogP contribution in [0.1, 0.15) is 39.0 Å². The van der Waals surface area contributed by atoms with Crippen molar-refractivity contribution in [2.45, 2.75) is 69.3 Å². The van der Waals surface area contributed by atoms with Crippen molar-refractivity contribution in [2.75, 3.05) is 6.54 Å². The van der Waals surface area contributed by atoms with Crippen molar-refractivity contribution >= 4 is 35.6 Å². The molecule has 0 aromatic heterocycles. The molecule has 0 saturated carbocycles. The molecule has 1 aliphatic rings. The number of nitrogens with one attached hydrogen (secondary N) is 2. The third kappa shape index (κ3) is 7.77. The molecule has 0 aliphatic carbocycles. The van der Waals surface area contributed by atoms with E-state index in [1.165, 1.54) is 0 Å². The SMILES string of the molecule is CC(O)C(NC(=O)C(N)CCC(=O)O)C(=O)NC(CC(=O)O)C(=O)N1CCCC1C(=O)O. The van der Waals surface area contributed by atoms with Crippen molar-refractivity contribution in [2.24, 2.45) is 5.73 Å². The Kier molecular flexibility index (Phi) is 10.00. The Balaban J connectivity index is 2.94. The predicted molar refractivity (Wildman–Crippen MR) is 105 cm³/mol. The number of likely N-dealkylation sites (tertiary alicyclic amines) is 1. The van der Waals surface area contributed by atoms with Crippen molar-refractivity contribution in [1.82, 2.24) is 15.5 Å². The van der Waals surface area contributed by atoms with Crippen LogP contribution in [0.25, 0.3) is 0 Å². The third-order valence-corrected chi connectivity index (χ3v) is 4.88. The van der Waals surface area contributed by atoms with Crippen LogP contribution in [-0.2, 0) is 28.8 Å². The molecule has 32 heavy (non-hydrogen) atoms. The van der Waals surface area contributed by atoms with E-state index in [2.05, 4.69) is 10.6 Å². The molecule has 1 rings (SSSR count). The second kappa shape index (κ2) is 12.0. The molecule has 1 fully saturated rings. The molecule has 5 unspecified atom stereocenters. The first kappa shape index (κ1) is 26.8. The van der Waals surface area contributed by atoms with Crippen LogP contribution in [0.5, 0.6) is 0 Å². The van der Waals surface area contributed by atoms with Gasteiger partial charge in [0.1, 0.15) is 18.1 Å². The average molecular weight is 460 g/mol. The van der Waals surface area contributed by atoms with E-state index in [0.717, 1.165) is 11.8 Å². The summed E-state index contributed by atoms with van der Waals surface area (Å²) in [6.07, 6.45) is -2.42. The number of nitrogens with two attached hydrogens (primary N) is 1. The highest BCUT2D eigenvalue weighted by atomic mass is 16.4. The molecular weight excluding hydrogens is 432 g/mol. The van der Waals surface area contributed by atoms with Crippen LogP contribution in [0.2, 0.25) is 0 Å². The first-order valence-electron chi connectivity index (χ1n) is 9.86. The summed E-state index contributed by atoms with van der Waals surface area (Å²) in [5.41, 5.74) is 5.57. The summed E-state index contributed by atoms with van der Waals surface area (Å²) in [7, 11) is 0. The van der Waals surface area contributed by atoms with Crippen molar-refractivity contribution in [1.29, 1.82) is 0 Å². The van der Waals surface area contributed by atoms with Crippen molar-refractivity contribution in [3.8, 4) is 0 Å². The lowest BCUT2D eigenvalue weighted by atomic mass is 10.1. The molecule has 8 N–H and O–H groups in total. The summed E-state index contributed by atoms with van der Waals surface area (Å²) in [6.45, 7) is 1.22. The number of rotatable bonds is 12. The molecule has 1 heterocycles. The highest BCUT2D eigenvalue weighted by Crippen LogP contribution is 2.19. The number of aliphatic hydroxyl groups excluding tert-OH is 1. The molecule has 0 radical (unpaired) electrons. The van der Waals surface area contributed by atoms with Crippen LogP contribution in [0.3, 0.4) is 0 Å². The second-order valence-electron chi connectivity index (χ2n) is 7.45. The van der Waals surface area contributed by atoms with Gasteiger partial charge in [0.15, 0.2) is 0 Å². The van der Waals surface area contributed by atoms with Crippen LogP contribution in [-0.4, -0.2) is 97.8 Å². The van der Waals surface area contributed by atoms with Gasteiger partial charge in [0.05, 0.1) is 18.6 Å². The van der Waals surface area contributed by atoms with Crippen LogP contribution >= 0.6 is 0 Å². The summed E-state index contributed by atoms with van der Waals surface area (Å²) < 4.78 is 0. The summed E-state index contributed by atoms with van der Waals surface area (Å²) in [4.78, 5) is 71.6. The molecule has 1 saturated heterocycles. The monoisotopic (exact) mass is 460 g/mol. The number of carboxylic acid groups (broad SMARTS) is 3. The fraction of sp³-hybridized carbons (Fsp3) is 0.667. The lowest BCUT2D eigenvalue weighted by molar-refractivity contribution is -0.151. The van der Waals surface area contributed by atoms with Gasteiger partial charge in [0.2, 0.25) is 17.7 Å². The van der Waals surface area contributed by atoms with Gasteiger partial charge in [-0.3, -0.25) is 24.0 Å². The molecule has 1 aliphatic heterocycles. The quantitative estimate of drug-likeness (QED) is 0.156. The molecule has 3 amide bonds. The second-order valence-corrected chi connectivity index (χ2v) is 7.45. The maximum absolute atomic E-state index is 12.8. The number of aliphatic hydroxyl groups is 1. The van der Waals surface area contributed by atoms with E-state index in [1.54, 1.807) is 0 Å². The van der Waals surface area contributed by atoms with Gasteiger partial charge in [0, 0.05) is 13.0 Å². The molecule has 180 valence electrons. The van der Waals surface area contributed by atoms with Gasteiger partial charge in [-0.15, -0.1) is 0 Å². The largest absolute Gasteiger partial charge is 0.481 e. The summed E-state index contributed by atoms with van der Waals surface area (Å²) >= 11 is 0. The fourth-order valence-electron chi connectivity index (χ4n) is 3.20. The molecule has 14 nitrogen and oxygen atoms in total. The number of carbonyl (C=O) groups is 6. The zero-order valence-corrected chi connectivity index (χ0v) is 17.4. The summed E-state index contributed by atoms with van der Waals surface area (Å²) in [5.74, 6) is -6.83. The zero-order chi connectivity index (χ0) is 24.6. The number of hydrogen-bond acceptors (Lipinski definition) is 8. The fourth-order valence-corrected chi connectivity index (χ4v) is 3.20. The Morgan fingerprint density at radius 2 is 1.66 bits per heavy atom. The van der Waals surface area contributed by atoms with Crippen LogP contribution in [0, 0.1) is 0 Å². The van der Waals surface area contributed by atoms with E-state index in [-0.39, 0.29) is 19.4 Å².